The Balaban J connectivity index is 1.97. The fourth-order valence-electron chi connectivity index (χ4n) is 2.55. The lowest BCUT2D eigenvalue weighted by Gasteiger charge is -2.21. The van der Waals surface area contributed by atoms with Gasteiger partial charge < -0.3 is 19.3 Å². The molecule has 0 atom stereocenters. The Bertz CT molecular complexity index is 579. The predicted octanol–water partition coefficient (Wildman–Crippen LogP) is 2.19. The summed E-state index contributed by atoms with van der Waals surface area (Å²) in [6, 6.07) is 5.29. The van der Waals surface area contributed by atoms with Crippen molar-refractivity contribution in [2.75, 3.05) is 40.4 Å². The van der Waals surface area contributed by atoms with Crippen LogP contribution in [-0.2, 0) is 16.0 Å². The molecule has 0 unspecified atom stereocenters. The van der Waals surface area contributed by atoms with E-state index in [-0.39, 0.29) is 18.4 Å². The lowest BCUT2D eigenvalue weighted by atomic mass is 10.1. The third-order valence-corrected chi connectivity index (χ3v) is 4.24. The molecule has 1 saturated heterocycles. The Morgan fingerprint density at radius 3 is 2.48 bits per heavy atom. The minimum atomic E-state index is -0.350. The molecule has 0 spiro atoms. The molecular formula is C16H21ClN2O4. The molecule has 1 heterocycles. The van der Waals surface area contributed by atoms with Crippen molar-refractivity contribution < 1.29 is 19.1 Å². The maximum atomic E-state index is 12.5. The molecular weight excluding hydrogens is 320 g/mol. The zero-order valence-electron chi connectivity index (χ0n) is 13.4. The first-order valence-electron chi connectivity index (χ1n) is 7.48. The molecule has 126 valence electrons. The summed E-state index contributed by atoms with van der Waals surface area (Å²) in [5, 5.41) is 0.517. The summed E-state index contributed by atoms with van der Waals surface area (Å²) >= 11 is 6.19. The number of carbonyl (C=O) groups is 2. The Hall–Kier alpha value is -1.95. The molecule has 0 N–H and O–H groups in total. The third kappa shape index (κ3) is 4.51. The monoisotopic (exact) mass is 340 g/mol. The van der Waals surface area contributed by atoms with Crippen molar-refractivity contribution in [1.29, 1.82) is 0 Å². The van der Waals surface area contributed by atoms with E-state index in [4.69, 9.17) is 21.1 Å². The second-order valence-corrected chi connectivity index (χ2v) is 5.73. The number of rotatable bonds is 3. The molecule has 1 aromatic carbocycles. The van der Waals surface area contributed by atoms with Gasteiger partial charge in [-0.15, -0.1) is 0 Å². The largest absolute Gasteiger partial charge is 0.497 e. The van der Waals surface area contributed by atoms with Crippen LogP contribution >= 0.6 is 11.6 Å². The van der Waals surface area contributed by atoms with Gasteiger partial charge in [0.1, 0.15) is 5.75 Å². The number of methoxy groups -OCH3 is 2. The summed E-state index contributed by atoms with van der Waals surface area (Å²) in [5.74, 6) is 0.665. The number of hydrogen-bond donors (Lipinski definition) is 0. The Morgan fingerprint density at radius 2 is 1.83 bits per heavy atom. The fourth-order valence-corrected chi connectivity index (χ4v) is 2.79. The van der Waals surface area contributed by atoms with Gasteiger partial charge in [0.05, 0.1) is 20.6 Å². The summed E-state index contributed by atoms with van der Waals surface area (Å²) < 4.78 is 9.83. The summed E-state index contributed by atoms with van der Waals surface area (Å²) in [6.07, 6.45) is 0.621. The molecule has 0 radical (unpaired) electrons. The first-order valence-corrected chi connectivity index (χ1v) is 7.86. The van der Waals surface area contributed by atoms with Crippen molar-refractivity contribution in [3.63, 3.8) is 0 Å². The van der Waals surface area contributed by atoms with Gasteiger partial charge in [0, 0.05) is 31.2 Å². The first-order chi connectivity index (χ1) is 11.0. The second-order valence-electron chi connectivity index (χ2n) is 5.33. The van der Waals surface area contributed by atoms with Crippen molar-refractivity contribution in [3.05, 3.63) is 28.8 Å². The normalized spacial score (nSPS) is 15.1. The minimum Gasteiger partial charge on any atom is -0.497 e. The van der Waals surface area contributed by atoms with Crippen molar-refractivity contribution in [1.82, 2.24) is 9.80 Å². The SMILES string of the molecule is COC(=O)N1CCCN(C(=O)Cc2ccc(OC)cc2Cl)CC1. The molecule has 0 aliphatic carbocycles. The van der Waals surface area contributed by atoms with Crippen LogP contribution in [0.2, 0.25) is 5.02 Å². The zero-order chi connectivity index (χ0) is 16.8. The van der Waals surface area contributed by atoms with Gasteiger partial charge in [-0.05, 0) is 24.1 Å². The Labute approximate surface area is 140 Å². The molecule has 1 aliphatic rings. The van der Waals surface area contributed by atoms with Crippen LogP contribution in [0.1, 0.15) is 12.0 Å². The van der Waals surface area contributed by atoms with Gasteiger partial charge in [-0.1, -0.05) is 17.7 Å². The second kappa shape index (κ2) is 8.06. The van der Waals surface area contributed by atoms with Crippen LogP contribution < -0.4 is 4.74 Å². The van der Waals surface area contributed by atoms with E-state index < -0.39 is 0 Å². The molecule has 2 amide bonds. The summed E-state index contributed by atoms with van der Waals surface area (Å²) in [5.41, 5.74) is 0.770. The third-order valence-electron chi connectivity index (χ3n) is 3.88. The average Bonchev–Trinajstić information content (AvgIpc) is 2.82. The van der Waals surface area contributed by atoms with Gasteiger partial charge in [-0.2, -0.15) is 0 Å². The maximum Gasteiger partial charge on any atom is 0.409 e. The van der Waals surface area contributed by atoms with Gasteiger partial charge in [-0.3, -0.25) is 4.79 Å². The van der Waals surface area contributed by atoms with Crippen molar-refractivity contribution in [2.45, 2.75) is 12.8 Å². The van der Waals surface area contributed by atoms with E-state index in [0.717, 1.165) is 12.0 Å². The lowest BCUT2D eigenvalue weighted by Crippen LogP contribution is -2.37. The standard InChI is InChI=1S/C16H21ClN2O4/c1-22-13-5-4-12(14(17)11-13)10-15(20)18-6-3-7-19(9-8-18)16(21)23-2/h4-5,11H,3,6-10H2,1-2H3. The van der Waals surface area contributed by atoms with Crippen molar-refractivity contribution in [2.24, 2.45) is 0 Å². The maximum absolute atomic E-state index is 12.5. The van der Waals surface area contributed by atoms with Crippen LogP contribution in [-0.4, -0.2) is 62.2 Å². The highest BCUT2D eigenvalue weighted by Gasteiger charge is 2.22. The molecule has 23 heavy (non-hydrogen) atoms. The molecule has 0 saturated carbocycles. The highest BCUT2D eigenvalue weighted by atomic mass is 35.5. The van der Waals surface area contributed by atoms with Gasteiger partial charge >= 0.3 is 6.09 Å². The number of nitrogens with zero attached hydrogens (tertiary/aromatic N) is 2. The molecule has 1 aliphatic heterocycles. The van der Waals surface area contributed by atoms with E-state index in [1.54, 1.807) is 35.1 Å². The highest BCUT2D eigenvalue weighted by Crippen LogP contribution is 2.23. The summed E-state index contributed by atoms with van der Waals surface area (Å²) in [7, 11) is 2.93. The van der Waals surface area contributed by atoms with Crippen LogP contribution in [0.15, 0.2) is 18.2 Å². The number of hydrogen-bond acceptors (Lipinski definition) is 4. The van der Waals surface area contributed by atoms with Crippen LogP contribution in [0.3, 0.4) is 0 Å². The Kier molecular flexibility index (Phi) is 6.10. The highest BCUT2D eigenvalue weighted by molar-refractivity contribution is 6.31. The molecule has 6 nitrogen and oxygen atoms in total. The number of halogens is 1. The molecule has 2 rings (SSSR count). The number of carbonyl (C=O) groups excluding carboxylic acids is 2. The minimum absolute atomic E-state index is 0.00350. The fraction of sp³-hybridized carbons (Fsp3) is 0.500. The zero-order valence-corrected chi connectivity index (χ0v) is 14.1. The molecule has 1 aromatic rings. The lowest BCUT2D eigenvalue weighted by molar-refractivity contribution is -0.130. The van der Waals surface area contributed by atoms with E-state index in [1.165, 1.54) is 7.11 Å². The first kappa shape index (κ1) is 17.4. The van der Waals surface area contributed by atoms with Gasteiger partial charge in [0.25, 0.3) is 0 Å². The van der Waals surface area contributed by atoms with Crippen LogP contribution in [0.4, 0.5) is 4.79 Å². The van der Waals surface area contributed by atoms with Crippen LogP contribution in [0.5, 0.6) is 5.75 Å². The number of amides is 2. The van der Waals surface area contributed by atoms with Crippen molar-refractivity contribution >= 4 is 23.6 Å². The van der Waals surface area contributed by atoms with Crippen LogP contribution in [0, 0.1) is 0 Å². The molecule has 7 heteroatoms. The predicted molar refractivity (Wildman–Crippen MR) is 86.9 cm³/mol. The van der Waals surface area contributed by atoms with Gasteiger partial charge in [-0.25, -0.2) is 4.79 Å². The van der Waals surface area contributed by atoms with E-state index in [9.17, 15) is 9.59 Å². The quantitative estimate of drug-likeness (QED) is 0.846. The average molecular weight is 341 g/mol. The number of ether oxygens (including phenoxy) is 2. The summed E-state index contributed by atoms with van der Waals surface area (Å²) in [6.45, 7) is 2.20. The summed E-state index contributed by atoms with van der Waals surface area (Å²) in [4.78, 5) is 27.4. The van der Waals surface area contributed by atoms with E-state index in [1.807, 2.05) is 0 Å². The smallest absolute Gasteiger partial charge is 0.409 e. The molecule has 1 fully saturated rings. The molecule has 0 bridgehead atoms. The van der Waals surface area contributed by atoms with E-state index in [2.05, 4.69) is 0 Å². The van der Waals surface area contributed by atoms with E-state index in [0.29, 0.717) is 37.0 Å². The van der Waals surface area contributed by atoms with Crippen LogP contribution in [0.25, 0.3) is 0 Å². The van der Waals surface area contributed by atoms with Crippen molar-refractivity contribution in [3.8, 4) is 5.75 Å². The molecule has 0 aromatic heterocycles. The van der Waals surface area contributed by atoms with Gasteiger partial charge in [0.2, 0.25) is 5.91 Å². The number of benzene rings is 1. The topological polar surface area (TPSA) is 59.1 Å². The van der Waals surface area contributed by atoms with E-state index >= 15 is 0 Å². The Morgan fingerprint density at radius 1 is 1.13 bits per heavy atom. The van der Waals surface area contributed by atoms with Gasteiger partial charge in [0.15, 0.2) is 0 Å².